The van der Waals surface area contributed by atoms with Crippen molar-refractivity contribution in [1.29, 1.82) is 0 Å². The number of rotatable bonds is 4. The summed E-state index contributed by atoms with van der Waals surface area (Å²) in [6, 6.07) is 16.2. The molecule has 4 rings (SSSR count). The first-order valence-electron chi connectivity index (χ1n) is 8.40. The largest absolute Gasteiger partial charge is 0.480 e. The number of aliphatic carboxylic acids is 1. The van der Waals surface area contributed by atoms with E-state index in [1.54, 1.807) is 0 Å². The first kappa shape index (κ1) is 17.2. The van der Waals surface area contributed by atoms with Gasteiger partial charge < -0.3 is 14.6 Å². The van der Waals surface area contributed by atoms with Gasteiger partial charge in [-0.1, -0.05) is 58.5 Å². The Morgan fingerprint density at radius 3 is 2.69 bits per heavy atom. The van der Waals surface area contributed by atoms with E-state index >= 15 is 0 Å². The molecule has 2 aromatic carbocycles. The van der Waals surface area contributed by atoms with Crippen molar-refractivity contribution in [2.24, 2.45) is 0 Å². The van der Waals surface area contributed by atoms with E-state index in [9.17, 15) is 9.90 Å². The monoisotopic (exact) mass is 428 g/mol. The second-order valence-corrected chi connectivity index (χ2v) is 7.73. The number of carboxylic acid groups (broad SMARTS) is 1. The topological polar surface area (TPSA) is 45.5 Å². The van der Waals surface area contributed by atoms with Crippen LogP contribution in [0.25, 0.3) is 10.9 Å². The third kappa shape index (κ3) is 3.04. The van der Waals surface area contributed by atoms with Gasteiger partial charge in [0.15, 0.2) is 0 Å². The van der Waals surface area contributed by atoms with Crippen molar-refractivity contribution in [2.45, 2.75) is 19.5 Å². The van der Waals surface area contributed by atoms with Crippen LogP contribution in [0.1, 0.15) is 16.8 Å². The third-order valence-corrected chi connectivity index (χ3v) is 5.71. The third-order valence-electron chi connectivity index (χ3n) is 4.76. The van der Waals surface area contributed by atoms with Crippen LogP contribution in [-0.4, -0.2) is 32.1 Å². The van der Waals surface area contributed by atoms with Crippen LogP contribution in [0.2, 0.25) is 0 Å². The number of aromatic nitrogens is 1. The Labute approximate surface area is 165 Å². The molecule has 4 nitrogen and oxygen atoms in total. The minimum atomic E-state index is -0.865. The first-order chi connectivity index (χ1) is 12.5. The Morgan fingerprint density at radius 1 is 1.19 bits per heavy atom. The van der Waals surface area contributed by atoms with Gasteiger partial charge in [0.05, 0.1) is 5.69 Å². The Bertz CT molecular complexity index is 1010. The summed E-state index contributed by atoms with van der Waals surface area (Å²) in [5.74, 6) is -0.865. The van der Waals surface area contributed by atoms with Crippen LogP contribution < -0.4 is 0 Å². The minimum absolute atomic E-state index is 0.0905. The zero-order valence-corrected chi connectivity index (χ0v) is 16.4. The van der Waals surface area contributed by atoms with Crippen molar-refractivity contribution < 1.29 is 9.90 Å². The maximum Gasteiger partial charge on any atom is 0.323 e. The van der Waals surface area contributed by atoms with Gasteiger partial charge in [-0.05, 0) is 35.7 Å². The van der Waals surface area contributed by atoms with Gasteiger partial charge in [0.2, 0.25) is 0 Å². The number of benzene rings is 2. The molecular formula is C20H17BrN2O2S. The Morgan fingerprint density at radius 2 is 1.96 bits per heavy atom. The van der Waals surface area contributed by atoms with E-state index in [2.05, 4.69) is 39.0 Å². The van der Waals surface area contributed by atoms with E-state index in [0.29, 0.717) is 0 Å². The van der Waals surface area contributed by atoms with Crippen molar-refractivity contribution >= 4 is 50.0 Å². The lowest BCUT2D eigenvalue weighted by atomic mass is 10.0. The van der Waals surface area contributed by atoms with Crippen molar-refractivity contribution in [3.8, 4) is 0 Å². The average Bonchev–Trinajstić information content (AvgIpc) is 2.91. The lowest BCUT2D eigenvalue weighted by Gasteiger charge is -2.31. The summed E-state index contributed by atoms with van der Waals surface area (Å²) in [6.07, 6.45) is 0.849. The smallest absolute Gasteiger partial charge is 0.323 e. The number of carbonyl (C=O) groups is 1. The predicted octanol–water partition coefficient (Wildman–Crippen LogP) is 4.22. The number of nitrogens with zero attached hydrogens (tertiary/aromatic N) is 2. The molecule has 0 aliphatic carbocycles. The molecule has 0 fully saturated rings. The molecular weight excluding hydrogens is 412 g/mol. The number of halogens is 1. The number of fused-ring (bicyclic) bond motifs is 3. The molecule has 0 saturated heterocycles. The lowest BCUT2D eigenvalue weighted by Crippen LogP contribution is -2.37. The number of carboxylic acids is 1. The SMILES string of the molecule is O=C(O)Cn1c2c(c3cc(Br)ccc31)CCN(Cc1ccccc1)C2=S. The molecule has 0 radical (unpaired) electrons. The highest BCUT2D eigenvalue weighted by atomic mass is 79.9. The van der Waals surface area contributed by atoms with Gasteiger partial charge >= 0.3 is 5.97 Å². The zero-order valence-electron chi connectivity index (χ0n) is 14.0. The van der Waals surface area contributed by atoms with E-state index in [0.717, 1.165) is 51.1 Å². The molecule has 1 aromatic heterocycles. The molecule has 1 aliphatic rings. The van der Waals surface area contributed by atoms with Gasteiger partial charge in [-0.25, -0.2) is 0 Å². The molecule has 0 bridgehead atoms. The molecule has 1 N–H and O–H groups in total. The fraction of sp³-hybridized carbons (Fsp3) is 0.200. The van der Waals surface area contributed by atoms with E-state index in [-0.39, 0.29) is 6.54 Å². The van der Waals surface area contributed by atoms with E-state index in [4.69, 9.17) is 12.2 Å². The van der Waals surface area contributed by atoms with E-state index in [1.165, 1.54) is 5.56 Å². The first-order valence-corrected chi connectivity index (χ1v) is 9.60. The van der Waals surface area contributed by atoms with Gasteiger partial charge in [0, 0.05) is 28.5 Å². The van der Waals surface area contributed by atoms with Crippen molar-refractivity contribution in [3.63, 3.8) is 0 Å². The highest BCUT2D eigenvalue weighted by Crippen LogP contribution is 2.33. The van der Waals surface area contributed by atoms with Crippen molar-refractivity contribution in [3.05, 3.63) is 69.8 Å². The molecule has 2 heterocycles. The van der Waals surface area contributed by atoms with Crippen LogP contribution in [0, 0.1) is 0 Å². The van der Waals surface area contributed by atoms with Gasteiger partial charge in [-0.15, -0.1) is 0 Å². The molecule has 6 heteroatoms. The quantitative estimate of drug-likeness (QED) is 0.631. The van der Waals surface area contributed by atoms with E-state index < -0.39 is 5.97 Å². The van der Waals surface area contributed by atoms with Gasteiger partial charge in [0.1, 0.15) is 11.5 Å². The Hall–Kier alpha value is -2.18. The standard InChI is InChI=1S/C20H17BrN2O2S/c21-14-6-7-17-16(10-14)15-8-9-22(11-13-4-2-1-3-5-13)20(26)19(15)23(17)12-18(24)25/h1-7,10H,8-9,11-12H2,(H,24,25). The average molecular weight is 429 g/mol. The summed E-state index contributed by atoms with van der Waals surface area (Å²) in [5.41, 5.74) is 4.14. The van der Waals surface area contributed by atoms with Crippen LogP contribution in [0.15, 0.2) is 53.0 Å². The molecule has 26 heavy (non-hydrogen) atoms. The van der Waals surface area contributed by atoms with E-state index in [1.807, 2.05) is 34.9 Å². The van der Waals surface area contributed by atoms with Crippen LogP contribution in [0.3, 0.4) is 0 Å². The Kier molecular flexibility index (Phi) is 4.54. The number of hydrogen-bond acceptors (Lipinski definition) is 2. The molecule has 0 unspecified atom stereocenters. The van der Waals surface area contributed by atoms with Crippen LogP contribution in [0.5, 0.6) is 0 Å². The molecule has 0 atom stereocenters. The van der Waals surface area contributed by atoms with Crippen LogP contribution in [0.4, 0.5) is 0 Å². The summed E-state index contributed by atoms with van der Waals surface area (Å²) in [6.45, 7) is 1.48. The molecule has 1 aliphatic heterocycles. The summed E-state index contributed by atoms with van der Waals surface area (Å²) >= 11 is 9.32. The summed E-state index contributed by atoms with van der Waals surface area (Å²) in [7, 11) is 0. The number of hydrogen-bond donors (Lipinski definition) is 1. The van der Waals surface area contributed by atoms with Crippen molar-refractivity contribution in [2.75, 3.05) is 6.54 Å². The normalized spacial score (nSPS) is 13.9. The molecule has 0 spiro atoms. The summed E-state index contributed by atoms with van der Waals surface area (Å²) < 4.78 is 2.83. The second-order valence-electron chi connectivity index (χ2n) is 6.43. The van der Waals surface area contributed by atoms with Gasteiger partial charge in [0.25, 0.3) is 0 Å². The van der Waals surface area contributed by atoms with Gasteiger partial charge in [-0.3, -0.25) is 4.79 Å². The van der Waals surface area contributed by atoms with Crippen molar-refractivity contribution in [1.82, 2.24) is 9.47 Å². The summed E-state index contributed by atoms with van der Waals surface area (Å²) in [5, 5.41) is 10.5. The molecule has 132 valence electrons. The molecule has 3 aromatic rings. The fourth-order valence-electron chi connectivity index (χ4n) is 3.65. The van der Waals surface area contributed by atoms with Crippen LogP contribution in [-0.2, 0) is 24.3 Å². The number of thiocarbonyl (C=S) groups is 1. The minimum Gasteiger partial charge on any atom is -0.480 e. The van der Waals surface area contributed by atoms with Crippen LogP contribution >= 0.6 is 28.1 Å². The Balaban J connectivity index is 1.80. The highest BCUT2D eigenvalue weighted by molar-refractivity contribution is 9.10. The summed E-state index contributed by atoms with van der Waals surface area (Å²) in [4.78, 5) is 14.3. The maximum atomic E-state index is 11.5. The molecule has 0 saturated carbocycles. The second kappa shape index (κ2) is 6.85. The predicted molar refractivity (Wildman–Crippen MR) is 110 cm³/mol. The fourth-order valence-corrected chi connectivity index (χ4v) is 4.40. The maximum absolute atomic E-state index is 11.5. The zero-order chi connectivity index (χ0) is 18.3. The van der Waals surface area contributed by atoms with Gasteiger partial charge in [-0.2, -0.15) is 0 Å². The molecule has 0 amide bonds. The lowest BCUT2D eigenvalue weighted by molar-refractivity contribution is -0.137. The highest BCUT2D eigenvalue weighted by Gasteiger charge is 2.28.